The smallest absolute Gasteiger partial charge is 0.235 e. The molecule has 0 amide bonds. The zero-order chi connectivity index (χ0) is 34.9. The quantitative estimate of drug-likeness (QED) is 0.198. The first-order valence-electron chi connectivity index (χ1n) is 18.4. The summed E-state index contributed by atoms with van der Waals surface area (Å²) in [5.74, 6) is 2.33. The van der Waals surface area contributed by atoms with Crippen LogP contribution in [0.4, 0.5) is 0 Å². The maximum Gasteiger partial charge on any atom is 0.235 e. The van der Waals surface area contributed by atoms with Crippen LogP contribution in [0.15, 0.2) is 184 Å². The molecule has 1 aliphatic heterocycles. The van der Waals surface area contributed by atoms with Crippen molar-refractivity contribution in [3.8, 4) is 11.1 Å². The van der Waals surface area contributed by atoms with E-state index in [4.69, 9.17) is 14.4 Å². The molecule has 0 spiro atoms. The second-order valence-corrected chi connectivity index (χ2v) is 14.2. The van der Waals surface area contributed by atoms with Crippen molar-refractivity contribution in [1.29, 1.82) is 0 Å². The summed E-state index contributed by atoms with van der Waals surface area (Å²) in [4.78, 5) is 10.7. The molecule has 3 unspecified atom stereocenters. The molecule has 0 radical (unpaired) electrons. The minimum Gasteiger partial charge on any atom is -0.455 e. The average molecular weight is 681 g/mol. The van der Waals surface area contributed by atoms with Gasteiger partial charge in [-0.25, -0.2) is 4.99 Å². The molecule has 11 rings (SSSR count). The van der Waals surface area contributed by atoms with Crippen molar-refractivity contribution in [3.63, 3.8) is 0 Å². The van der Waals surface area contributed by atoms with Gasteiger partial charge in [0.25, 0.3) is 0 Å². The van der Waals surface area contributed by atoms with E-state index < -0.39 is 0 Å². The molecular formula is C49H34N3O+. The Labute approximate surface area is 306 Å². The number of nitrogens with two attached hydrogens (primary N) is 1. The fourth-order valence-electron chi connectivity index (χ4n) is 8.63. The zero-order valence-corrected chi connectivity index (χ0v) is 28.9. The summed E-state index contributed by atoms with van der Waals surface area (Å²) in [5.41, 5.74) is 9.74. The minimum absolute atomic E-state index is 0.209. The van der Waals surface area contributed by atoms with Crippen LogP contribution in [-0.2, 0) is 0 Å². The number of quaternary nitrogens is 1. The third kappa shape index (κ3) is 4.87. The maximum atomic E-state index is 6.87. The molecule has 8 aromatic rings. The first-order valence-corrected chi connectivity index (χ1v) is 18.4. The van der Waals surface area contributed by atoms with Gasteiger partial charge < -0.3 is 4.42 Å². The number of hydrogen-bond donors (Lipinski definition) is 1. The van der Waals surface area contributed by atoms with E-state index in [1.807, 2.05) is 12.1 Å². The van der Waals surface area contributed by atoms with E-state index in [-0.39, 0.29) is 6.17 Å². The molecular weight excluding hydrogens is 647 g/mol. The molecule has 2 N–H and O–H groups in total. The van der Waals surface area contributed by atoms with Gasteiger partial charge in [0.05, 0.1) is 5.56 Å². The molecule has 3 aliphatic rings. The lowest BCUT2D eigenvalue weighted by atomic mass is 9.75. The van der Waals surface area contributed by atoms with Gasteiger partial charge >= 0.3 is 0 Å². The van der Waals surface area contributed by atoms with Gasteiger partial charge in [-0.15, -0.1) is 0 Å². The molecule has 7 aromatic carbocycles. The monoisotopic (exact) mass is 680 g/mol. The summed E-state index contributed by atoms with van der Waals surface area (Å²) in [6.45, 7) is 0. The molecule has 2 aliphatic carbocycles. The normalized spacial score (nSPS) is 19.1. The van der Waals surface area contributed by atoms with Gasteiger partial charge in [0.2, 0.25) is 12.0 Å². The van der Waals surface area contributed by atoms with Crippen molar-refractivity contribution < 1.29 is 9.73 Å². The van der Waals surface area contributed by atoms with Crippen molar-refractivity contribution in [2.45, 2.75) is 12.1 Å². The summed E-state index contributed by atoms with van der Waals surface area (Å²) in [6.07, 6.45) is 13.5. The van der Waals surface area contributed by atoms with Crippen molar-refractivity contribution in [2.24, 2.45) is 15.9 Å². The number of para-hydroxylation sites is 1. The Hall–Kier alpha value is -6.62. The molecule has 53 heavy (non-hydrogen) atoms. The average Bonchev–Trinajstić information content (AvgIpc) is 3.63. The summed E-state index contributed by atoms with van der Waals surface area (Å²) in [7, 11) is 0. The topological polar surface area (TPSA) is 54.5 Å². The van der Waals surface area contributed by atoms with E-state index in [1.165, 1.54) is 32.7 Å². The van der Waals surface area contributed by atoms with Crippen molar-refractivity contribution >= 4 is 61.2 Å². The Bertz CT molecular complexity index is 2940. The molecule has 0 saturated heterocycles. The number of hydrogen-bond acceptors (Lipinski definition) is 3. The SMILES string of the molecule is C1=CC2C=Cc3c(ccc4cccc(-c5ccc(C6=NC(c7ccc8ccccc8c7)[NH2+]C(c7ccccc7)=N6)c6c5oc5ccccc56)c34)C2C=C1. The summed E-state index contributed by atoms with van der Waals surface area (Å²) in [6, 6.07) is 49.6. The second-order valence-electron chi connectivity index (χ2n) is 14.2. The first-order chi connectivity index (χ1) is 26.3. The Kier molecular flexibility index (Phi) is 6.79. The molecule has 1 aromatic heterocycles. The van der Waals surface area contributed by atoms with Gasteiger partial charge in [0, 0.05) is 39.3 Å². The van der Waals surface area contributed by atoms with E-state index >= 15 is 0 Å². The lowest BCUT2D eigenvalue weighted by Crippen LogP contribution is -2.90. The predicted octanol–water partition coefficient (Wildman–Crippen LogP) is 10.9. The number of allylic oxidation sites excluding steroid dienone is 5. The molecule has 0 bridgehead atoms. The Morgan fingerprint density at radius 1 is 0.585 bits per heavy atom. The van der Waals surface area contributed by atoms with Crippen LogP contribution >= 0.6 is 0 Å². The van der Waals surface area contributed by atoms with Gasteiger partial charge in [-0.3, -0.25) is 5.32 Å². The van der Waals surface area contributed by atoms with Crippen LogP contribution in [0.2, 0.25) is 0 Å². The highest BCUT2D eigenvalue weighted by Crippen LogP contribution is 2.46. The van der Waals surface area contributed by atoms with E-state index in [0.29, 0.717) is 17.7 Å². The van der Waals surface area contributed by atoms with Crippen molar-refractivity contribution in [1.82, 2.24) is 0 Å². The van der Waals surface area contributed by atoms with Crippen LogP contribution in [-0.4, -0.2) is 11.7 Å². The van der Waals surface area contributed by atoms with Gasteiger partial charge in [0.1, 0.15) is 11.2 Å². The summed E-state index contributed by atoms with van der Waals surface area (Å²) < 4.78 is 6.87. The molecule has 250 valence electrons. The third-order valence-corrected chi connectivity index (χ3v) is 11.2. The van der Waals surface area contributed by atoms with Crippen LogP contribution in [0, 0.1) is 5.92 Å². The Morgan fingerprint density at radius 2 is 1.38 bits per heavy atom. The minimum atomic E-state index is -0.209. The number of nitrogens with zero attached hydrogens (tertiary/aromatic N) is 2. The number of rotatable bonds is 4. The number of furan rings is 1. The Balaban J connectivity index is 1.14. The number of amidine groups is 2. The predicted molar refractivity (Wildman–Crippen MR) is 218 cm³/mol. The molecule has 0 saturated carbocycles. The second kappa shape index (κ2) is 12.0. The standard InChI is InChI=1S/C49H33N3O/c1-2-13-33(14-3-1)47-50-48(35-22-21-30-11-4-5-15-34(30)29-35)52-49(51-47)42-28-27-40(46-45(42)41-18-8-9-20-43(41)53-46)38-19-10-16-32-24-25-37-36-17-7-6-12-31(36)23-26-39(37)44(32)38/h1-29,31,36,48H,(H,50,51,52)/p+1. The van der Waals surface area contributed by atoms with Gasteiger partial charge in [-0.2, -0.15) is 4.99 Å². The van der Waals surface area contributed by atoms with Gasteiger partial charge in [-0.05, 0) is 74.6 Å². The maximum absolute atomic E-state index is 6.87. The number of fused-ring (bicyclic) bond motifs is 9. The van der Waals surface area contributed by atoms with E-state index in [1.54, 1.807) is 0 Å². The van der Waals surface area contributed by atoms with Crippen LogP contribution < -0.4 is 5.32 Å². The van der Waals surface area contributed by atoms with Crippen molar-refractivity contribution in [3.05, 3.63) is 198 Å². The lowest BCUT2D eigenvalue weighted by Gasteiger charge is -2.28. The Morgan fingerprint density at radius 3 is 2.32 bits per heavy atom. The molecule has 4 nitrogen and oxygen atoms in total. The number of benzene rings is 7. The van der Waals surface area contributed by atoms with Crippen molar-refractivity contribution in [2.75, 3.05) is 0 Å². The molecule has 4 heteroatoms. The van der Waals surface area contributed by atoms with Gasteiger partial charge in [-0.1, -0.05) is 140 Å². The highest BCUT2D eigenvalue weighted by molar-refractivity contribution is 6.23. The highest BCUT2D eigenvalue weighted by atomic mass is 16.3. The van der Waals surface area contributed by atoms with Crippen LogP contribution in [0.25, 0.3) is 60.7 Å². The number of aliphatic imine (C=N–C) groups is 2. The summed E-state index contributed by atoms with van der Waals surface area (Å²) in [5, 5.41) is 9.16. The highest BCUT2D eigenvalue weighted by Gasteiger charge is 2.30. The zero-order valence-electron chi connectivity index (χ0n) is 28.9. The van der Waals surface area contributed by atoms with Gasteiger partial charge in [0.15, 0.2) is 5.84 Å². The fourth-order valence-corrected chi connectivity index (χ4v) is 8.63. The van der Waals surface area contributed by atoms with E-state index in [0.717, 1.165) is 55.6 Å². The van der Waals surface area contributed by atoms with E-state index in [9.17, 15) is 0 Å². The van der Waals surface area contributed by atoms with Crippen LogP contribution in [0.3, 0.4) is 0 Å². The van der Waals surface area contributed by atoms with E-state index in [2.05, 4.69) is 169 Å². The molecule has 3 atom stereocenters. The lowest BCUT2D eigenvalue weighted by molar-refractivity contribution is -0.586. The first kappa shape index (κ1) is 30.0. The van der Waals surface area contributed by atoms with Crippen LogP contribution in [0.5, 0.6) is 0 Å². The third-order valence-electron chi connectivity index (χ3n) is 11.2. The largest absolute Gasteiger partial charge is 0.455 e. The molecule has 2 heterocycles. The molecule has 0 fully saturated rings. The van der Waals surface area contributed by atoms with Crippen LogP contribution in [0.1, 0.15) is 39.9 Å². The fraction of sp³-hybridized carbons (Fsp3) is 0.0612. The summed E-state index contributed by atoms with van der Waals surface area (Å²) >= 11 is 0.